The maximum Gasteiger partial charge on any atom is 0.501 e. The molecule has 1 aromatic heterocycles. The monoisotopic (exact) mass is 393 g/mol. The number of carbonyl (C=O) groups excluding carboxylic acids is 2. The minimum Gasteiger partial charge on any atom is -0.496 e. The van der Waals surface area contributed by atoms with Gasteiger partial charge < -0.3 is 9.26 Å². The second-order valence-electron chi connectivity index (χ2n) is 6.72. The van der Waals surface area contributed by atoms with Crippen molar-refractivity contribution in [1.29, 1.82) is 0 Å². The SMILES string of the molecule is CCCN1C(=O)C2C=CC=CC2=[N+](Cc2nc(-c3ccccc3OC)no2)C1=O. The molecule has 0 fully saturated rings. The van der Waals surface area contributed by atoms with Crippen LogP contribution in [-0.4, -0.2) is 50.9 Å². The van der Waals surface area contributed by atoms with Crippen molar-refractivity contribution in [2.45, 2.75) is 19.9 Å². The number of ether oxygens (including phenoxy) is 1. The van der Waals surface area contributed by atoms with Gasteiger partial charge in [-0.15, -0.1) is 0 Å². The number of hydrogen-bond donors (Lipinski definition) is 0. The summed E-state index contributed by atoms with van der Waals surface area (Å²) in [5.74, 6) is 0.594. The van der Waals surface area contributed by atoms with E-state index in [9.17, 15) is 9.59 Å². The van der Waals surface area contributed by atoms with Gasteiger partial charge in [0.25, 0.3) is 5.89 Å². The van der Waals surface area contributed by atoms with Crippen LogP contribution in [0.5, 0.6) is 5.75 Å². The third-order valence-corrected chi connectivity index (χ3v) is 4.86. The van der Waals surface area contributed by atoms with Gasteiger partial charge in [0.2, 0.25) is 5.82 Å². The van der Waals surface area contributed by atoms with Gasteiger partial charge in [-0.2, -0.15) is 19.3 Å². The molecule has 8 nitrogen and oxygen atoms in total. The summed E-state index contributed by atoms with van der Waals surface area (Å²) in [6, 6.07) is 6.98. The molecule has 0 saturated heterocycles. The first-order chi connectivity index (χ1) is 14.1. The molecule has 148 valence electrons. The van der Waals surface area contributed by atoms with Crippen molar-refractivity contribution in [2.24, 2.45) is 5.92 Å². The van der Waals surface area contributed by atoms with Crippen LogP contribution >= 0.6 is 0 Å². The zero-order chi connectivity index (χ0) is 20.4. The Morgan fingerprint density at radius 3 is 2.86 bits per heavy atom. The number of carbonyl (C=O) groups is 2. The molecule has 1 aromatic carbocycles. The molecular weight excluding hydrogens is 372 g/mol. The average Bonchev–Trinajstić information content (AvgIpc) is 3.22. The van der Waals surface area contributed by atoms with Gasteiger partial charge in [-0.1, -0.05) is 42.4 Å². The van der Waals surface area contributed by atoms with Crippen LogP contribution in [0.2, 0.25) is 0 Å². The van der Waals surface area contributed by atoms with Gasteiger partial charge in [-0.25, -0.2) is 4.79 Å². The summed E-state index contributed by atoms with van der Waals surface area (Å²) >= 11 is 0. The predicted octanol–water partition coefficient (Wildman–Crippen LogP) is 2.81. The van der Waals surface area contributed by atoms with Crippen LogP contribution in [0.3, 0.4) is 0 Å². The number of allylic oxidation sites excluding steroid dienone is 3. The summed E-state index contributed by atoms with van der Waals surface area (Å²) in [6.45, 7) is 2.38. The van der Waals surface area contributed by atoms with Crippen LogP contribution in [0.15, 0.2) is 53.1 Å². The van der Waals surface area contributed by atoms with Crippen LogP contribution in [0.1, 0.15) is 19.2 Å². The Bertz CT molecular complexity index is 1050. The Labute approximate surface area is 167 Å². The third-order valence-electron chi connectivity index (χ3n) is 4.86. The first-order valence-corrected chi connectivity index (χ1v) is 9.44. The standard InChI is InChI=1S/C21H21N4O4/c1-3-12-24-20(26)14-8-4-6-10-16(14)25(21(24)27)13-18-22-19(23-29-18)15-9-5-7-11-17(15)28-2/h4-11,14H,3,12-13H2,1-2H3/q+1. The zero-order valence-electron chi connectivity index (χ0n) is 16.2. The highest BCUT2D eigenvalue weighted by Gasteiger charge is 2.46. The predicted molar refractivity (Wildman–Crippen MR) is 104 cm³/mol. The molecule has 0 spiro atoms. The van der Waals surface area contributed by atoms with Crippen molar-refractivity contribution in [3.05, 3.63) is 54.5 Å². The number of rotatable bonds is 6. The first-order valence-electron chi connectivity index (χ1n) is 9.44. The molecule has 3 amide bonds. The number of urea groups is 1. The third kappa shape index (κ3) is 3.37. The number of nitrogens with zero attached hydrogens (tertiary/aromatic N) is 4. The van der Waals surface area contributed by atoms with Crippen LogP contribution in [0.4, 0.5) is 4.79 Å². The van der Waals surface area contributed by atoms with Crippen LogP contribution < -0.4 is 4.74 Å². The van der Waals surface area contributed by atoms with E-state index in [1.807, 2.05) is 43.3 Å². The lowest BCUT2D eigenvalue weighted by atomic mass is 9.94. The molecule has 2 heterocycles. The van der Waals surface area contributed by atoms with E-state index < -0.39 is 5.92 Å². The number of fused-ring (bicyclic) bond motifs is 1. The molecule has 0 bridgehead atoms. The van der Waals surface area contributed by atoms with Crippen molar-refractivity contribution >= 4 is 17.6 Å². The lowest BCUT2D eigenvalue weighted by Gasteiger charge is -2.26. The van der Waals surface area contributed by atoms with Crippen molar-refractivity contribution in [3.63, 3.8) is 0 Å². The number of para-hydroxylation sites is 1. The summed E-state index contributed by atoms with van der Waals surface area (Å²) < 4.78 is 12.3. The summed E-state index contributed by atoms with van der Waals surface area (Å²) in [5.41, 5.74) is 1.32. The summed E-state index contributed by atoms with van der Waals surface area (Å²) in [6.07, 6.45) is 7.89. The Kier molecular flexibility index (Phi) is 5.07. The zero-order valence-corrected chi connectivity index (χ0v) is 16.2. The van der Waals surface area contributed by atoms with E-state index >= 15 is 0 Å². The van der Waals surface area contributed by atoms with Crippen LogP contribution in [0, 0.1) is 5.92 Å². The maximum absolute atomic E-state index is 13.0. The van der Waals surface area contributed by atoms with Crippen LogP contribution in [0.25, 0.3) is 11.4 Å². The number of methoxy groups -OCH3 is 1. The molecule has 0 N–H and O–H groups in total. The highest BCUT2D eigenvalue weighted by Crippen LogP contribution is 2.27. The smallest absolute Gasteiger partial charge is 0.496 e. The van der Waals surface area contributed by atoms with Crippen LogP contribution in [-0.2, 0) is 11.3 Å². The molecule has 1 atom stereocenters. The minimum absolute atomic E-state index is 0.0818. The molecule has 0 radical (unpaired) electrons. The van der Waals surface area contributed by atoms with Gasteiger partial charge in [0, 0.05) is 0 Å². The van der Waals surface area contributed by atoms with E-state index in [0.717, 1.165) is 0 Å². The van der Waals surface area contributed by atoms with E-state index in [4.69, 9.17) is 9.26 Å². The van der Waals surface area contributed by atoms with E-state index in [1.54, 1.807) is 19.3 Å². The Morgan fingerprint density at radius 2 is 2.07 bits per heavy atom. The molecule has 2 aromatic rings. The topological polar surface area (TPSA) is 88.5 Å². The fraction of sp³-hybridized carbons (Fsp3) is 0.286. The average molecular weight is 393 g/mol. The lowest BCUT2D eigenvalue weighted by molar-refractivity contribution is -0.460. The number of aromatic nitrogens is 2. The Balaban J connectivity index is 1.69. The largest absolute Gasteiger partial charge is 0.501 e. The van der Waals surface area contributed by atoms with Crippen molar-refractivity contribution < 1.29 is 23.4 Å². The number of hydrogen-bond acceptors (Lipinski definition) is 6. The molecule has 1 unspecified atom stereocenters. The molecular formula is C21H21N4O4+. The normalized spacial score (nSPS) is 18.4. The van der Waals surface area contributed by atoms with E-state index in [2.05, 4.69) is 10.1 Å². The van der Waals surface area contributed by atoms with E-state index in [1.165, 1.54) is 9.48 Å². The number of amides is 3. The van der Waals surface area contributed by atoms with Gasteiger partial charge >= 0.3 is 11.9 Å². The molecule has 8 heteroatoms. The van der Waals surface area contributed by atoms with E-state index in [0.29, 0.717) is 35.8 Å². The number of benzene rings is 1. The molecule has 29 heavy (non-hydrogen) atoms. The summed E-state index contributed by atoms with van der Waals surface area (Å²) in [5, 5.41) is 4.03. The van der Waals surface area contributed by atoms with Gasteiger partial charge in [0.05, 0.1) is 19.2 Å². The van der Waals surface area contributed by atoms with Gasteiger partial charge in [-0.05, 0) is 24.6 Å². The molecule has 4 rings (SSSR count). The van der Waals surface area contributed by atoms with Crippen molar-refractivity contribution in [3.8, 4) is 17.1 Å². The molecule has 2 aliphatic rings. The lowest BCUT2D eigenvalue weighted by Crippen LogP contribution is -2.54. The molecule has 0 saturated carbocycles. The Morgan fingerprint density at radius 1 is 1.24 bits per heavy atom. The minimum atomic E-state index is -0.485. The molecule has 1 aliphatic carbocycles. The maximum atomic E-state index is 13.0. The quantitative estimate of drug-likeness (QED) is 0.701. The van der Waals surface area contributed by atoms with Crippen molar-refractivity contribution in [2.75, 3.05) is 13.7 Å². The first kappa shape index (κ1) is 18.8. The number of imide groups is 1. The van der Waals surface area contributed by atoms with Gasteiger partial charge in [0.15, 0.2) is 6.54 Å². The van der Waals surface area contributed by atoms with Gasteiger partial charge in [-0.3, -0.25) is 0 Å². The van der Waals surface area contributed by atoms with Gasteiger partial charge in [0.1, 0.15) is 17.4 Å². The second-order valence-corrected chi connectivity index (χ2v) is 6.72. The second kappa shape index (κ2) is 7.83. The highest BCUT2D eigenvalue weighted by molar-refractivity contribution is 6.16. The molecule has 1 aliphatic heterocycles. The Hall–Kier alpha value is -3.55. The fourth-order valence-electron chi connectivity index (χ4n) is 3.50. The fourth-order valence-corrected chi connectivity index (χ4v) is 3.50. The van der Waals surface area contributed by atoms with Crippen molar-refractivity contribution in [1.82, 2.24) is 15.0 Å². The summed E-state index contributed by atoms with van der Waals surface area (Å²) in [4.78, 5) is 31.5. The highest BCUT2D eigenvalue weighted by atomic mass is 16.5. The van der Waals surface area contributed by atoms with E-state index in [-0.39, 0.29) is 24.4 Å². The summed E-state index contributed by atoms with van der Waals surface area (Å²) in [7, 11) is 1.57.